The lowest BCUT2D eigenvalue weighted by Crippen LogP contribution is -2.31. The quantitative estimate of drug-likeness (QED) is 0.779. The smallest absolute Gasteiger partial charge is 0.387 e. The van der Waals surface area contributed by atoms with Crippen LogP contribution in [0.15, 0.2) is 54.6 Å². The molecule has 0 saturated carbocycles. The van der Waals surface area contributed by atoms with E-state index in [4.69, 9.17) is 0 Å². The number of ether oxygens (including phenoxy) is 2. The number of rotatable bonds is 7. The Morgan fingerprint density at radius 3 is 2.32 bits per heavy atom. The minimum absolute atomic E-state index is 0.0476. The maximum absolute atomic E-state index is 12.5. The molecule has 132 valence electrons. The van der Waals surface area contributed by atoms with Gasteiger partial charge in [-0.1, -0.05) is 42.5 Å². The maximum atomic E-state index is 12.5. The molecule has 0 aliphatic heterocycles. The fourth-order valence-corrected chi connectivity index (χ4v) is 2.28. The molecule has 0 aromatic heterocycles. The van der Waals surface area contributed by atoms with Crippen LogP contribution >= 0.6 is 0 Å². The van der Waals surface area contributed by atoms with Crippen LogP contribution in [0.25, 0.3) is 0 Å². The van der Waals surface area contributed by atoms with Crippen molar-refractivity contribution < 1.29 is 27.8 Å². The zero-order chi connectivity index (χ0) is 18.2. The molecule has 0 fully saturated rings. The van der Waals surface area contributed by atoms with Crippen LogP contribution < -0.4 is 10.1 Å². The molecule has 0 unspecified atom stereocenters. The molecule has 1 amide bonds. The fourth-order valence-electron chi connectivity index (χ4n) is 2.28. The zero-order valence-corrected chi connectivity index (χ0v) is 13.4. The molecule has 0 bridgehead atoms. The number of methoxy groups -OCH3 is 1. The second-order valence-electron chi connectivity index (χ2n) is 5.09. The van der Waals surface area contributed by atoms with Gasteiger partial charge in [-0.25, -0.2) is 0 Å². The van der Waals surface area contributed by atoms with E-state index in [1.165, 1.54) is 31.4 Å². The molecule has 25 heavy (non-hydrogen) atoms. The van der Waals surface area contributed by atoms with E-state index in [0.29, 0.717) is 5.56 Å². The van der Waals surface area contributed by atoms with Gasteiger partial charge in [0.1, 0.15) is 5.75 Å². The average molecular weight is 349 g/mol. The van der Waals surface area contributed by atoms with Gasteiger partial charge in [0, 0.05) is 0 Å². The molecule has 0 saturated heterocycles. The Balaban J connectivity index is 2.24. The van der Waals surface area contributed by atoms with Crippen LogP contribution in [0.1, 0.15) is 28.4 Å². The van der Waals surface area contributed by atoms with Gasteiger partial charge in [-0.2, -0.15) is 8.78 Å². The number of esters is 1. The van der Waals surface area contributed by atoms with E-state index in [9.17, 15) is 18.4 Å². The molecule has 7 heteroatoms. The summed E-state index contributed by atoms with van der Waals surface area (Å²) in [5, 5.41) is 2.66. The Bertz CT molecular complexity index is 722. The first-order valence-corrected chi connectivity index (χ1v) is 7.47. The number of para-hydroxylation sites is 1. The Kier molecular flexibility index (Phi) is 6.45. The highest BCUT2D eigenvalue weighted by Crippen LogP contribution is 2.23. The standard InChI is InChI=1S/C18H17F2NO4/c1-24-16(22)11-14(12-7-3-2-4-8-12)21-17(23)13-9-5-6-10-15(13)25-18(19)20/h2-10,14,18H,11H2,1H3,(H,21,23)/t14-/m1/s1. The lowest BCUT2D eigenvalue weighted by Gasteiger charge is -2.19. The highest BCUT2D eigenvalue weighted by atomic mass is 19.3. The average Bonchev–Trinajstić information content (AvgIpc) is 2.61. The molecule has 5 nitrogen and oxygen atoms in total. The fraction of sp³-hybridized carbons (Fsp3) is 0.222. The van der Waals surface area contributed by atoms with Crippen molar-refractivity contribution in [2.24, 2.45) is 0 Å². The third-order valence-electron chi connectivity index (χ3n) is 3.45. The molecule has 1 N–H and O–H groups in total. The van der Waals surface area contributed by atoms with Crippen molar-refractivity contribution in [1.82, 2.24) is 5.32 Å². The number of carbonyl (C=O) groups is 2. The summed E-state index contributed by atoms with van der Waals surface area (Å²) in [6.07, 6.45) is -0.0931. The van der Waals surface area contributed by atoms with Crippen molar-refractivity contribution in [3.63, 3.8) is 0 Å². The molecule has 0 aliphatic rings. The Morgan fingerprint density at radius 1 is 1.04 bits per heavy atom. The van der Waals surface area contributed by atoms with Crippen molar-refractivity contribution in [2.75, 3.05) is 7.11 Å². The minimum atomic E-state index is -3.05. The molecule has 2 aromatic rings. The van der Waals surface area contributed by atoms with Crippen LogP contribution in [0.2, 0.25) is 0 Å². The molecular weight excluding hydrogens is 332 g/mol. The van der Waals surface area contributed by atoms with Crippen molar-refractivity contribution in [2.45, 2.75) is 19.1 Å². The van der Waals surface area contributed by atoms with Gasteiger partial charge >= 0.3 is 12.6 Å². The summed E-state index contributed by atoms with van der Waals surface area (Å²) in [5.41, 5.74) is 0.641. The Labute approximate surface area is 143 Å². The van der Waals surface area contributed by atoms with E-state index >= 15 is 0 Å². The third-order valence-corrected chi connectivity index (χ3v) is 3.45. The predicted molar refractivity (Wildman–Crippen MR) is 86.4 cm³/mol. The number of alkyl halides is 2. The first-order chi connectivity index (χ1) is 12.0. The minimum Gasteiger partial charge on any atom is -0.469 e. The Hall–Kier alpha value is -2.96. The van der Waals surface area contributed by atoms with Crippen LogP contribution in [-0.2, 0) is 9.53 Å². The first kappa shape index (κ1) is 18.4. The summed E-state index contributed by atoms with van der Waals surface area (Å²) in [5.74, 6) is -1.37. The lowest BCUT2D eigenvalue weighted by atomic mass is 10.0. The van der Waals surface area contributed by atoms with Crippen LogP contribution in [0.4, 0.5) is 8.78 Å². The van der Waals surface area contributed by atoms with Gasteiger partial charge in [0.05, 0.1) is 25.1 Å². The summed E-state index contributed by atoms with van der Waals surface area (Å²) < 4.78 is 34.0. The largest absolute Gasteiger partial charge is 0.469 e. The lowest BCUT2D eigenvalue weighted by molar-refractivity contribution is -0.141. The summed E-state index contributed by atoms with van der Waals surface area (Å²) in [7, 11) is 1.25. The second kappa shape index (κ2) is 8.77. The highest BCUT2D eigenvalue weighted by Gasteiger charge is 2.22. The number of halogens is 2. The number of nitrogens with one attached hydrogen (secondary N) is 1. The van der Waals surface area contributed by atoms with E-state index in [1.807, 2.05) is 0 Å². The SMILES string of the molecule is COC(=O)C[C@@H](NC(=O)c1ccccc1OC(F)F)c1ccccc1. The number of amides is 1. The molecule has 2 rings (SSSR count). The van der Waals surface area contributed by atoms with Gasteiger partial charge in [0.15, 0.2) is 0 Å². The van der Waals surface area contributed by atoms with Crippen molar-refractivity contribution in [3.8, 4) is 5.75 Å². The third kappa shape index (κ3) is 5.27. The van der Waals surface area contributed by atoms with E-state index in [0.717, 1.165) is 0 Å². The normalized spacial score (nSPS) is 11.7. The Morgan fingerprint density at radius 2 is 1.68 bits per heavy atom. The highest BCUT2D eigenvalue weighted by molar-refractivity contribution is 5.97. The zero-order valence-electron chi connectivity index (χ0n) is 13.4. The molecular formula is C18H17F2NO4. The summed E-state index contributed by atoms with van der Waals surface area (Å²) in [6.45, 7) is -3.05. The van der Waals surface area contributed by atoms with E-state index in [2.05, 4.69) is 14.8 Å². The monoisotopic (exact) mass is 349 g/mol. The number of hydrogen-bond donors (Lipinski definition) is 1. The number of carbonyl (C=O) groups excluding carboxylic acids is 2. The molecule has 0 radical (unpaired) electrons. The summed E-state index contributed by atoms with van der Waals surface area (Å²) in [6, 6.07) is 13.8. The molecule has 0 aliphatic carbocycles. The van der Waals surface area contributed by atoms with Crippen LogP contribution in [0.3, 0.4) is 0 Å². The summed E-state index contributed by atoms with van der Waals surface area (Å²) >= 11 is 0. The van der Waals surface area contributed by atoms with Gasteiger partial charge in [-0.3, -0.25) is 9.59 Å². The molecule has 0 heterocycles. The van der Waals surface area contributed by atoms with Gasteiger partial charge in [0.25, 0.3) is 5.91 Å². The molecule has 0 spiro atoms. The summed E-state index contributed by atoms with van der Waals surface area (Å²) in [4.78, 5) is 24.1. The van der Waals surface area contributed by atoms with Crippen molar-refractivity contribution in [1.29, 1.82) is 0 Å². The number of hydrogen-bond acceptors (Lipinski definition) is 4. The number of benzene rings is 2. The molecule has 2 aromatic carbocycles. The van der Waals surface area contributed by atoms with Crippen molar-refractivity contribution in [3.05, 3.63) is 65.7 Å². The van der Waals surface area contributed by atoms with E-state index in [-0.39, 0.29) is 17.7 Å². The van der Waals surface area contributed by atoms with E-state index in [1.54, 1.807) is 30.3 Å². The van der Waals surface area contributed by atoms with Gasteiger partial charge in [0.2, 0.25) is 0 Å². The van der Waals surface area contributed by atoms with Crippen LogP contribution in [-0.4, -0.2) is 25.6 Å². The van der Waals surface area contributed by atoms with Gasteiger partial charge < -0.3 is 14.8 Å². The maximum Gasteiger partial charge on any atom is 0.387 e. The van der Waals surface area contributed by atoms with Crippen molar-refractivity contribution >= 4 is 11.9 Å². The van der Waals surface area contributed by atoms with Gasteiger partial charge in [-0.05, 0) is 17.7 Å². The second-order valence-corrected chi connectivity index (χ2v) is 5.09. The van der Waals surface area contributed by atoms with Crippen LogP contribution in [0, 0.1) is 0 Å². The van der Waals surface area contributed by atoms with Crippen LogP contribution in [0.5, 0.6) is 5.75 Å². The van der Waals surface area contributed by atoms with Gasteiger partial charge in [-0.15, -0.1) is 0 Å². The first-order valence-electron chi connectivity index (χ1n) is 7.47. The predicted octanol–water partition coefficient (Wildman–Crippen LogP) is 3.32. The topological polar surface area (TPSA) is 64.6 Å². The molecule has 1 atom stereocenters. The van der Waals surface area contributed by atoms with E-state index < -0.39 is 24.5 Å².